The molecule has 94 valence electrons. The van der Waals surface area contributed by atoms with Crippen molar-refractivity contribution in [1.29, 1.82) is 0 Å². The molecule has 0 atom stereocenters. The molecule has 0 saturated heterocycles. The van der Waals surface area contributed by atoms with E-state index >= 15 is 0 Å². The number of pyridine rings is 2. The molecule has 0 radical (unpaired) electrons. The van der Waals surface area contributed by atoms with Crippen molar-refractivity contribution >= 4 is 11.3 Å². The van der Waals surface area contributed by atoms with Crippen LogP contribution in [0.15, 0.2) is 41.8 Å². The summed E-state index contributed by atoms with van der Waals surface area (Å²) in [5.74, 6) is 0. The Morgan fingerprint density at radius 2 is 1.37 bits per heavy atom. The van der Waals surface area contributed by atoms with E-state index in [2.05, 4.69) is 15.0 Å². The summed E-state index contributed by atoms with van der Waals surface area (Å²) in [4.78, 5) is 13.6. The second-order valence-corrected chi connectivity index (χ2v) is 5.22. The van der Waals surface area contributed by atoms with Crippen LogP contribution in [0.1, 0.15) is 11.4 Å². The Balaban J connectivity index is 2.00. The molecular weight excluding hydrogens is 254 g/mol. The third-order valence-corrected chi connectivity index (χ3v) is 3.63. The van der Waals surface area contributed by atoms with E-state index in [1.807, 2.05) is 55.6 Å². The van der Waals surface area contributed by atoms with Crippen molar-refractivity contribution in [2.45, 2.75) is 13.8 Å². The Kier molecular flexibility index (Phi) is 3.09. The van der Waals surface area contributed by atoms with E-state index < -0.39 is 0 Å². The zero-order chi connectivity index (χ0) is 13.2. The second-order valence-electron chi connectivity index (χ2n) is 4.37. The van der Waals surface area contributed by atoms with Crippen LogP contribution in [0.2, 0.25) is 0 Å². The van der Waals surface area contributed by atoms with Crippen LogP contribution in [-0.2, 0) is 0 Å². The Hall–Kier alpha value is -2.07. The van der Waals surface area contributed by atoms with Crippen LogP contribution in [0.4, 0.5) is 0 Å². The van der Waals surface area contributed by atoms with E-state index in [9.17, 15) is 0 Å². The number of rotatable bonds is 2. The molecule has 0 saturated carbocycles. The van der Waals surface area contributed by atoms with Crippen molar-refractivity contribution < 1.29 is 0 Å². The molecule has 4 heteroatoms. The number of thiazole rings is 1. The largest absolute Gasteiger partial charge is 0.251 e. The predicted octanol–water partition coefficient (Wildman–Crippen LogP) is 3.88. The zero-order valence-corrected chi connectivity index (χ0v) is 11.6. The number of aromatic nitrogens is 3. The normalized spacial score (nSPS) is 10.6. The van der Waals surface area contributed by atoms with Gasteiger partial charge in [0.25, 0.3) is 0 Å². The van der Waals surface area contributed by atoms with E-state index in [4.69, 9.17) is 0 Å². The lowest BCUT2D eigenvalue weighted by molar-refractivity contribution is 1.17. The lowest BCUT2D eigenvalue weighted by Crippen LogP contribution is -1.88. The van der Waals surface area contributed by atoms with Gasteiger partial charge in [-0.3, -0.25) is 9.97 Å². The summed E-state index contributed by atoms with van der Waals surface area (Å²) in [5, 5.41) is 2.96. The molecule has 19 heavy (non-hydrogen) atoms. The van der Waals surface area contributed by atoms with Gasteiger partial charge in [0.15, 0.2) is 0 Å². The van der Waals surface area contributed by atoms with Crippen molar-refractivity contribution in [3.05, 3.63) is 53.2 Å². The van der Waals surface area contributed by atoms with E-state index in [0.29, 0.717) is 0 Å². The molecule has 3 aromatic rings. The average Bonchev–Trinajstić information content (AvgIpc) is 2.88. The monoisotopic (exact) mass is 267 g/mol. The molecule has 0 N–H and O–H groups in total. The van der Waals surface area contributed by atoms with Crippen LogP contribution in [0.5, 0.6) is 0 Å². The predicted molar refractivity (Wildman–Crippen MR) is 78.1 cm³/mol. The van der Waals surface area contributed by atoms with Crippen LogP contribution < -0.4 is 0 Å². The van der Waals surface area contributed by atoms with Crippen LogP contribution in [0.25, 0.3) is 22.1 Å². The van der Waals surface area contributed by atoms with Crippen LogP contribution in [0.3, 0.4) is 0 Å². The first-order valence-corrected chi connectivity index (χ1v) is 6.94. The Morgan fingerprint density at radius 3 is 2.05 bits per heavy atom. The zero-order valence-electron chi connectivity index (χ0n) is 10.8. The molecule has 0 unspecified atom stereocenters. The molecule has 0 spiro atoms. The summed E-state index contributed by atoms with van der Waals surface area (Å²) in [6.07, 6.45) is 0. The van der Waals surface area contributed by atoms with Gasteiger partial charge >= 0.3 is 0 Å². The van der Waals surface area contributed by atoms with Gasteiger partial charge in [-0.15, -0.1) is 11.3 Å². The molecule has 0 bridgehead atoms. The van der Waals surface area contributed by atoms with Gasteiger partial charge in [-0.1, -0.05) is 12.1 Å². The first-order valence-electron chi connectivity index (χ1n) is 6.06. The molecular formula is C15H13N3S. The molecule has 3 rings (SSSR count). The van der Waals surface area contributed by atoms with E-state index in [0.717, 1.165) is 33.5 Å². The van der Waals surface area contributed by atoms with Gasteiger partial charge in [0.1, 0.15) is 10.7 Å². The van der Waals surface area contributed by atoms with Crippen LogP contribution >= 0.6 is 11.3 Å². The highest BCUT2D eigenvalue weighted by atomic mass is 32.1. The first-order chi connectivity index (χ1) is 9.22. The highest BCUT2D eigenvalue weighted by Crippen LogP contribution is 2.26. The SMILES string of the molecule is Cc1cccc(-c2csc(-c3cccc(C)n3)n2)n1. The molecule has 0 aliphatic carbocycles. The number of nitrogens with zero attached hydrogens (tertiary/aromatic N) is 3. The molecule has 3 heterocycles. The third-order valence-electron chi connectivity index (χ3n) is 2.76. The Morgan fingerprint density at radius 1 is 0.737 bits per heavy atom. The maximum atomic E-state index is 4.63. The van der Waals surface area contributed by atoms with E-state index in [1.165, 1.54) is 0 Å². The minimum Gasteiger partial charge on any atom is -0.251 e. The highest BCUT2D eigenvalue weighted by molar-refractivity contribution is 7.13. The topological polar surface area (TPSA) is 38.7 Å². The highest BCUT2D eigenvalue weighted by Gasteiger charge is 2.08. The van der Waals surface area contributed by atoms with Crippen molar-refractivity contribution in [3.8, 4) is 22.1 Å². The van der Waals surface area contributed by atoms with Gasteiger partial charge in [-0.25, -0.2) is 4.98 Å². The first kappa shape index (κ1) is 12.0. The fourth-order valence-electron chi connectivity index (χ4n) is 1.86. The van der Waals surface area contributed by atoms with E-state index in [-0.39, 0.29) is 0 Å². The fourth-order valence-corrected chi connectivity index (χ4v) is 2.64. The van der Waals surface area contributed by atoms with Gasteiger partial charge in [0.05, 0.1) is 11.4 Å². The summed E-state index contributed by atoms with van der Waals surface area (Å²) in [7, 11) is 0. The van der Waals surface area contributed by atoms with Gasteiger partial charge in [-0.05, 0) is 38.1 Å². The smallest absolute Gasteiger partial charge is 0.142 e. The maximum absolute atomic E-state index is 4.63. The summed E-state index contributed by atoms with van der Waals surface area (Å²) in [6, 6.07) is 11.9. The summed E-state index contributed by atoms with van der Waals surface area (Å²) in [5.41, 5.74) is 4.75. The van der Waals surface area contributed by atoms with E-state index in [1.54, 1.807) is 11.3 Å². The molecule has 0 amide bonds. The van der Waals surface area contributed by atoms with Crippen molar-refractivity contribution in [2.75, 3.05) is 0 Å². The number of hydrogen-bond donors (Lipinski definition) is 0. The standard InChI is InChI=1S/C15H13N3S/c1-10-5-3-7-12(16-10)14-9-19-15(18-14)13-8-4-6-11(2)17-13/h3-9H,1-2H3. The Labute approximate surface area is 116 Å². The quantitative estimate of drug-likeness (QED) is 0.707. The molecule has 0 aliphatic rings. The molecule has 0 aromatic carbocycles. The lowest BCUT2D eigenvalue weighted by Gasteiger charge is -1.98. The lowest BCUT2D eigenvalue weighted by atomic mass is 10.2. The van der Waals surface area contributed by atoms with Crippen molar-refractivity contribution in [2.24, 2.45) is 0 Å². The molecule has 3 aromatic heterocycles. The number of aryl methyl sites for hydroxylation is 2. The van der Waals surface area contributed by atoms with Crippen LogP contribution in [0, 0.1) is 13.8 Å². The molecule has 0 fully saturated rings. The minimum atomic E-state index is 0.909. The van der Waals surface area contributed by atoms with Crippen LogP contribution in [-0.4, -0.2) is 15.0 Å². The second kappa shape index (κ2) is 4.90. The Bertz CT molecular complexity index is 659. The summed E-state index contributed by atoms with van der Waals surface area (Å²) in [6.45, 7) is 3.97. The third kappa shape index (κ3) is 2.53. The van der Waals surface area contributed by atoms with Crippen molar-refractivity contribution in [1.82, 2.24) is 15.0 Å². The van der Waals surface area contributed by atoms with Gasteiger partial charge in [-0.2, -0.15) is 0 Å². The minimum absolute atomic E-state index is 0.909. The molecule has 0 aliphatic heterocycles. The molecule has 3 nitrogen and oxygen atoms in total. The number of hydrogen-bond acceptors (Lipinski definition) is 4. The van der Waals surface area contributed by atoms with Gasteiger partial charge < -0.3 is 0 Å². The fraction of sp³-hybridized carbons (Fsp3) is 0.133. The van der Waals surface area contributed by atoms with Gasteiger partial charge in [0.2, 0.25) is 0 Å². The average molecular weight is 267 g/mol. The summed E-state index contributed by atoms with van der Waals surface area (Å²) < 4.78 is 0. The van der Waals surface area contributed by atoms with Gasteiger partial charge in [0, 0.05) is 16.8 Å². The summed E-state index contributed by atoms with van der Waals surface area (Å²) >= 11 is 1.60. The maximum Gasteiger partial charge on any atom is 0.142 e. The van der Waals surface area contributed by atoms with Crippen molar-refractivity contribution in [3.63, 3.8) is 0 Å².